The topological polar surface area (TPSA) is 47.3 Å². The summed E-state index contributed by atoms with van der Waals surface area (Å²) in [4.78, 5) is 0. The van der Waals surface area contributed by atoms with Gasteiger partial charge in [-0.15, -0.1) is 0 Å². The zero-order chi connectivity index (χ0) is 11.9. The Morgan fingerprint density at radius 2 is 1.93 bits per heavy atom. The van der Waals surface area contributed by atoms with Gasteiger partial charge < -0.3 is 4.74 Å². The molecule has 0 aromatic rings. The molecule has 0 aliphatic rings. The van der Waals surface area contributed by atoms with Crippen molar-refractivity contribution in [1.29, 1.82) is 0 Å². The minimum Gasteiger partial charge on any atom is -0.377 e. The number of hydrazine groups is 1. The lowest BCUT2D eigenvalue weighted by Gasteiger charge is -2.25. The molecule has 0 heterocycles. The zero-order valence-electron chi connectivity index (χ0n) is 9.10. The van der Waals surface area contributed by atoms with Crippen molar-refractivity contribution in [2.75, 3.05) is 6.61 Å². The standard InChI is InChI=1S/C9H19F3N2O/c1-3-8(15-4-2)7(14-13)5-6-9(10,11)12/h7-8,14H,3-6,13H2,1-2H3. The maximum absolute atomic E-state index is 12.0. The van der Waals surface area contributed by atoms with Crippen LogP contribution in [0.2, 0.25) is 0 Å². The molecule has 0 bridgehead atoms. The Labute approximate surface area is 88.1 Å². The quantitative estimate of drug-likeness (QED) is 0.517. The summed E-state index contributed by atoms with van der Waals surface area (Å²) in [7, 11) is 0. The first-order chi connectivity index (χ1) is 6.94. The van der Waals surface area contributed by atoms with Gasteiger partial charge in [-0.05, 0) is 19.8 Å². The van der Waals surface area contributed by atoms with E-state index in [0.717, 1.165) is 0 Å². The lowest BCUT2D eigenvalue weighted by Crippen LogP contribution is -2.45. The van der Waals surface area contributed by atoms with E-state index in [1.165, 1.54) is 0 Å². The lowest BCUT2D eigenvalue weighted by atomic mass is 10.0. The molecular formula is C9H19F3N2O. The highest BCUT2D eigenvalue weighted by atomic mass is 19.4. The van der Waals surface area contributed by atoms with Crippen LogP contribution >= 0.6 is 0 Å². The van der Waals surface area contributed by atoms with Crippen LogP contribution in [0.25, 0.3) is 0 Å². The molecule has 0 amide bonds. The maximum atomic E-state index is 12.0. The molecule has 92 valence electrons. The fraction of sp³-hybridized carbons (Fsp3) is 1.00. The summed E-state index contributed by atoms with van der Waals surface area (Å²) in [6.07, 6.45) is -4.66. The molecule has 2 atom stereocenters. The van der Waals surface area contributed by atoms with Crippen molar-refractivity contribution in [2.45, 2.75) is 51.4 Å². The number of rotatable bonds is 7. The first kappa shape index (κ1) is 14.7. The Balaban J connectivity index is 4.09. The summed E-state index contributed by atoms with van der Waals surface area (Å²) in [6, 6.07) is -0.448. The van der Waals surface area contributed by atoms with E-state index < -0.39 is 18.6 Å². The van der Waals surface area contributed by atoms with E-state index in [4.69, 9.17) is 10.6 Å². The number of alkyl halides is 3. The van der Waals surface area contributed by atoms with E-state index in [1.807, 2.05) is 6.92 Å². The van der Waals surface area contributed by atoms with E-state index in [9.17, 15) is 13.2 Å². The van der Waals surface area contributed by atoms with E-state index >= 15 is 0 Å². The summed E-state index contributed by atoms with van der Waals surface area (Å²) < 4.78 is 41.3. The zero-order valence-corrected chi connectivity index (χ0v) is 9.10. The monoisotopic (exact) mass is 228 g/mol. The SMILES string of the molecule is CCOC(CC)C(CCC(F)(F)F)NN. The number of hydrogen-bond donors (Lipinski definition) is 2. The predicted octanol–water partition coefficient (Wildman–Crippen LogP) is 1.98. The Bertz CT molecular complexity index is 164. The van der Waals surface area contributed by atoms with Gasteiger partial charge in [0.15, 0.2) is 0 Å². The largest absolute Gasteiger partial charge is 0.389 e. The molecule has 0 rings (SSSR count). The molecule has 15 heavy (non-hydrogen) atoms. The van der Waals surface area contributed by atoms with Gasteiger partial charge in [-0.3, -0.25) is 11.3 Å². The molecule has 0 aliphatic heterocycles. The van der Waals surface area contributed by atoms with Gasteiger partial charge in [0.25, 0.3) is 0 Å². The van der Waals surface area contributed by atoms with E-state index in [1.54, 1.807) is 6.92 Å². The highest BCUT2D eigenvalue weighted by Crippen LogP contribution is 2.23. The third kappa shape index (κ3) is 6.70. The van der Waals surface area contributed by atoms with Crippen molar-refractivity contribution in [3.63, 3.8) is 0 Å². The van der Waals surface area contributed by atoms with Gasteiger partial charge in [0.2, 0.25) is 0 Å². The van der Waals surface area contributed by atoms with Crippen LogP contribution in [-0.2, 0) is 4.74 Å². The fourth-order valence-electron chi connectivity index (χ4n) is 1.43. The molecular weight excluding hydrogens is 209 g/mol. The third-order valence-corrected chi connectivity index (χ3v) is 2.18. The Morgan fingerprint density at radius 1 is 1.33 bits per heavy atom. The highest BCUT2D eigenvalue weighted by molar-refractivity contribution is 4.75. The molecule has 0 aliphatic carbocycles. The second-order valence-electron chi connectivity index (χ2n) is 3.33. The van der Waals surface area contributed by atoms with E-state index in [0.29, 0.717) is 13.0 Å². The molecule has 0 saturated heterocycles. The minimum absolute atomic E-state index is 0.0570. The summed E-state index contributed by atoms with van der Waals surface area (Å²) in [5.41, 5.74) is 2.39. The minimum atomic E-state index is -4.14. The van der Waals surface area contributed by atoms with Crippen LogP contribution in [-0.4, -0.2) is 24.9 Å². The van der Waals surface area contributed by atoms with Crippen LogP contribution < -0.4 is 11.3 Å². The van der Waals surface area contributed by atoms with E-state index in [-0.39, 0.29) is 12.5 Å². The van der Waals surface area contributed by atoms with Crippen molar-refractivity contribution in [3.8, 4) is 0 Å². The second kappa shape index (κ2) is 7.03. The van der Waals surface area contributed by atoms with Crippen LogP contribution in [0.15, 0.2) is 0 Å². The van der Waals surface area contributed by atoms with Crippen molar-refractivity contribution < 1.29 is 17.9 Å². The Morgan fingerprint density at radius 3 is 2.27 bits per heavy atom. The second-order valence-corrected chi connectivity index (χ2v) is 3.33. The normalized spacial score (nSPS) is 16.4. The van der Waals surface area contributed by atoms with Gasteiger partial charge in [0, 0.05) is 19.1 Å². The molecule has 0 fully saturated rings. The third-order valence-electron chi connectivity index (χ3n) is 2.18. The molecule has 0 saturated carbocycles. The smallest absolute Gasteiger partial charge is 0.377 e. The maximum Gasteiger partial charge on any atom is 0.389 e. The van der Waals surface area contributed by atoms with Crippen molar-refractivity contribution in [3.05, 3.63) is 0 Å². The average Bonchev–Trinajstić information content (AvgIpc) is 2.15. The summed E-state index contributed by atoms with van der Waals surface area (Å²) in [6.45, 7) is 4.14. The van der Waals surface area contributed by atoms with Gasteiger partial charge in [0.05, 0.1) is 6.10 Å². The van der Waals surface area contributed by atoms with Gasteiger partial charge in [-0.25, -0.2) is 0 Å². The summed E-state index contributed by atoms with van der Waals surface area (Å²) in [5.74, 6) is 5.21. The number of hydrogen-bond acceptors (Lipinski definition) is 3. The average molecular weight is 228 g/mol. The van der Waals surface area contributed by atoms with Gasteiger partial charge in [-0.2, -0.15) is 13.2 Å². The lowest BCUT2D eigenvalue weighted by molar-refractivity contribution is -0.138. The Hall–Kier alpha value is -0.330. The van der Waals surface area contributed by atoms with Crippen LogP contribution in [0.5, 0.6) is 0 Å². The van der Waals surface area contributed by atoms with Crippen LogP contribution in [0.4, 0.5) is 13.2 Å². The molecule has 2 unspecified atom stereocenters. The van der Waals surface area contributed by atoms with Gasteiger partial charge >= 0.3 is 6.18 Å². The fourth-order valence-corrected chi connectivity index (χ4v) is 1.43. The Kier molecular flexibility index (Phi) is 6.87. The number of halogens is 3. The number of nitrogens with two attached hydrogens (primary N) is 1. The summed E-state index contributed by atoms with van der Waals surface area (Å²) >= 11 is 0. The molecule has 0 spiro atoms. The number of nitrogens with one attached hydrogen (secondary N) is 1. The molecule has 0 aromatic carbocycles. The van der Waals surface area contributed by atoms with E-state index in [2.05, 4.69) is 5.43 Å². The van der Waals surface area contributed by atoms with Crippen molar-refractivity contribution in [1.82, 2.24) is 5.43 Å². The highest BCUT2D eigenvalue weighted by Gasteiger charge is 2.30. The van der Waals surface area contributed by atoms with Crippen LogP contribution in [0.1, 0.15) is 33.1 Å². The van der Waals surface area contributed by atoms with Gasteiger partial charge in [-0.1, -0.05) is 6.92 Å². The molecule has 6 heteroatoms. The number of ether oxygens (including phenoxy) is 1. The molecule has 3 nitrogen and oxygen atoms in total. The van der Waals surface area contributed by atoms with Crippen LogP contribution in [0, 0.1) is 0 Å². The van der Waals surface area contributed by atoms with Gasteiger partial charge in [0.1, 0.15) is 0 Å². The first-order valence-corrected chi connectivity index (χ1v) is 5.09. The molecule has 3 N–H and O–H groups in total. The van der Waals surface area contributed by atoms with Crippen molar-refractivity contribution >= 4 is 0 Å². The predicted molar refractivity (Wildman–Crippen MR) is 52.1 cm³/mol. The van der Waals surface area contributed by atoms with Crippen LogP contribution in [0.3, 0.4) is 0 Å². The summed E-state index contributed by atoms with van der Waals surface area (Å²) in [5, 5.41) is 0. The molecule has 0 radical (unpaired) electrons. The van der Waals surface area contributed by atoms with Crippen molar-refractivity contribution in [2.24, 2.45) is 5.84 Å². The first-order valence-electron chi connectivity index (χ1n) is 5.09. The molecule has 0 aromatic heterocycles.